The van der Waals surface area contributed by atoms with E-state index in [4.69, 9.17) is 0 Å². The second kappa shape index (κ2) is 6.90. The Hall–Kier alpha value is -2.37. The molecule has 0 aliphatic carbocycles. The number of alkyl halides is 6. The van der Waals surface area contributed by atoms with E-state index in [1.165, 1.54) is 11.0 Å². The second-order valence-corrected chi connectivity index (χ2v) is 8.35. The van der Waals surface area contributed by atoms with Crippen molar-refractivity contribution < 1.29 is 34.8 Å². The van der Waals surface area contributed by atoms with Gasteiger partial charge in [0.1, 0.15) is 17.8 Å². The first-order valence-electron chi connectivity index (χ1n) is 7.95. The molecule has 0 spiro atoms. The summed E-state index contributed by atoms with van der Waals surface area (Å²) < 4.78 is 103. The molecule has 0 saturated carbocycles. The van der Waals surface area contributed by atoms with Gasteiger partial charge in [0.05, 0.1) is 15.7 Å². The highest BCUT2D eigenvalue weighted by molar-refractivity contribution is 7.92. The van der Waals surface area contributed by atoms with Crippen molar-refractivity contribution in [3.05, 3.63) is 47.9 Å². The van der Waals surface area contributed by atoms with Crippen LogP contribution in [-0.2, 0) is 22.2 Å². The van der Waals surface area contributed by atoms with Gasteiger partial charge in [-0.25, -0.2) is 18.4 Å². The molecule has 0 amide bonds. The molecule has 0 bridgehead atoms. The summed E-state index contributed by atoms with van der Waals surface area (Å²) in [4.78, 5) is 7.30. The molecule has 0 unspecified atom stereocenters. The number of nitrogens with zero attached hydrogens (tertiary/aromatic N) is 3. The summed E-state index contributed by atoms with van der Waals surface area (Å²) in [5, 5.41) is -1.21. The van der Waals surface area contributed by atoms with Gasteiger partial charge in [-0.05, 0) is 18.6 Å². The van der Waals surface area contributed by atoms with Crippen molar-refractivity contribution >= 4 is 15.7 Å². The molecule has 3 rings (SSSR count). The normalized spacial score (nSPS) is 18.5. The zero-order valence-electron chi connectivity index (χ0n) is 14.0. The van der Waals surface area contributed by atoms with Crippen LogP contribution >= 0.6 is 0 Å². The molecule has 28 heavy (non-hydrogen) atoms. The van der Waals surface area contributed by atoms with Crippen LogP contribution in [0.15, 0.2) is 41.6 Å². The maximum atomic E-state index is 13.2. The summed E-state index contributed by atoms with van der Waals surface area (Å²) in [5.74, 6) is -0.135. The average molecular weight is 425 g/mol. The number of sulfone groups is 1. The zero-order valence-corrected chi connectivity index (χ0v) is 14.8. The first-order valence-corrected chi connectivity index (χ1v) is 9.49. The van der Waals surface area contributed by atoms with Gasteiger partial charge in [-0.1, -0.05) is 12.1 Å². The third-order valence-corrected chi connectivity index (χ3v) is 6.58. The first kappa shape index (κ1) is 20.4. The standard InChI is InChI=1S/C16H13F6N3O2S/c17-15(18,19)11-3-1-2-4-12(11)28(26,27)10-5-6-25(8-10)14-7-13(16(20,21)22)23-9-24-14/h1-4,7,9-10H,5-6,8H2/t10-/m0/s1. The van der Waals surface area contributed by atoms with E-state index in [1.54, 1.807) is 0 Å². The molecule has 1 atom stereocenters. The molecular formula is C16H13F6N3O2S. The summed E-state index contributed by atoms with van der Waals surface area (Å²) in [5.41, 5.74) is -2.46. The Bertz CT molecular complexity index is 975. The largest absolute Gasteiger partial charge is 0.433 e. The second-order valence-electron chi connectivity index (χ2n) is 6.15. The fourth-order valence-corrected chi connectivity index (χ4v) is 4.90. The Morgan fingerprint density at radius 1 is 1.00 bits per heavy atom. The van der Waals surface area contributed by atoms with Crippen LogP contribution in [-0.4, -0.2) is 36.7 Å². The lowest BCUT2D eigenvalue weighted by atomic mass is 10.2. The summed E-state index contributed by atoms with van der Waals surface area (Å²) in [6.07, 6.45) is -8.89. The lowest BCUT2D eigenvalue weighted by molar-refractivity contribution is -0.141. The van der Waals surface area contributed by atoms with Gasteiger partial charge in [-0.3, -0.25) is 0 Å². The van der Waals surface area contributed by atoms with Gasteiger partial charge in [0, 0.05) is 19.2 Å². The van der Waals surface area contributed by atoms with E-state index >= 15 is 0 Å². The van der Waals surface area contributed by atoms with Gasteiger partial charge >= 0.3 is 12.4 Å². The van der Waals surface area contributed by atoms with Crippen molar-refractivity contribution in [2.45, 2.75) is 28.9 Å². The third-order valence-electron chi connectivity index (χ3n) is 4.35. The average Bonchev–Trinajstić information content (AvgIpc) is 3.11. The molecule has 2 heterocycles. The van der Waals surface area contributed by atoms with Gasteiger partial charge in [-0.15, -0.1) is 0 Å². The van der Waals surface area contributed by atoms with Crippen LogP contribution in [0.5, 0.6) is 0 Å². The van der Waals surface area contributed by atoms with E-state index in [0.717, 1.165) is 12.1 Å². The molecule has 0 N–H and O–H groups in total. The topological polar surface area (TPSA) is 63.2 Å². The third kappa shape index (κ3) is 3.91. The molecule has 1 aromatic heterocycles. The minimum Gasteiger partial charge on any atom is -0.355 e. The van der Waals surface area contributed by atoms with Crippen molar-refractivity contribution in [2.75, 3.05) is 18.0 Å². The van der Waals surface area contributed by atoms with Crippen molar-refractivity contribution in [1.82, 2.24) is 9.97 Å². The van der Waals surface area contributed by atoms with E-state index in [0.29, 0.717) is 18.5 Å². The lowest BCUT2D eigenvalue weighted by Gasteiger charge is -2.19. The first-order chi connectivity index (χ1) is 12.9. The van der Waals surface area contributed by atoms with Crippen LogP contribution in [0.25, 0.3) is 0 Å². The maximum Gasteiger partial charge on any atom is 0.433 e. The number of rotatable bonds is 3. The molecule has 12 heteroatoms. The smallest absolute Gasteiger partial charge is 0.355 e. The minimum absolute atomic E-state index is 0.0341. The van der Waals surface area contributed by atoms with Gasteiger partial charge in [0.25, 0.3) is 0 Å². The Morgan fingerprint density at radius 2 is 1.68 bits per heavy atom. The van der Waals surface area contributed by atoms with E-state index < -0.39 is 43.6 Å². The molecule has 1 aliphatic heterocycles. The molecular weight excluding hydrogens is 412 g/mol. The van der Waals surface area contributed by atoms with Crippen LogP contribution in [0.2, 0.25) is 0 Å². The van der Waals surface area contributed by atoms with Crippen LogP contribution in [0.1, 0.15) is 17.7 Å². The molecule has 5 nitrogen and oxygen atoms in total. The number of halogens is 6. The number of aromatic nitrogens is 2. The Balaban J connectivity index is 1.89. The molecule has 2 aromatic rings. The highest BCUT2D eigenvalue weighted by atomic mass is 32.2. The summed E-state index contributed by atoms with van der Waals surface area (Å²) >= 11 is 0. The van der Waals surface area contributed by atoms with Crippen molar-refractivity contribution in [2.24, 2.45) is 0 Å². The predicted octanol–water partition coefficient (Wildman–Crippen LogP) is 3.57. The zero-order chi connectivity index (χ0) is 20.7. The molecule has 0 radical (unpaired) electrons. The Labute approximate surface area is 155 Å². The molecule has 152 valence electrons. The van der Waals surface area contributed by atoms with E-state index in [1.807, 2.05) is 0 Å². The molecule has 1 aliphatic rings. The minimum atomic E-state index is -4.85. The van der Waals surface area contributed by atoms with Crippen LogP contribution < -0.4 is 4.90 Å². The van der Waals surface area contributed by atoms with Crippen molar-refractivity contribution in [3.63, 3.8) is 0 Å². The fourth-order valence-electron chi connectivity index (χ4n) is 2.99. The number of anilines is 1. The van der Waals surface area contributed by atoms with Gasteiger partial charge < -0.3 is 4.90 Å². The highest BCUT2D eigenvalue weighted by Gasteiger charge is 2.42. The number of benzene rings is 1. The number of hydrogen-bond acceptors (Lipinski definition) is 5. The van der Waals surface area contributed by atoms with Crippen molar-refractivity contribution in [3.8, 4) is 0 Å². The SMILES string of the molecule is O=S(=O)(c1ccccc1C(F)(F)F)[C@H]1CCN(c2cc(C(F)(F)F)ncn2)C1. The lowest BCUT2D eigenvalue weighted by Crippen LogP contribution is -2.29. The number of hydrogen-bond donors (Lipinski definition) is 0. The highest BCUT2D eigenvalue weighted by Crippen LogP contribution is 2.37. The monoisotopic (exact) mass is 425 g/mol. The molecule has 1 saturated heterocycles. The maximum absolute atomic E-state index is 13.2. The molecule has 1 fully saturated rings. The van der Waals surface area contributed by atoms with Crippen LogP contribution in [0.3, 0.4) is 0 Å². The fraction of sp³-hybridized carbons (Fsp3) is 0.375. The van der Waals surface area contributed by atoms with Gasteiger partial charge in [0.2, 0.25) is 0 Å². The van der Waals surface area contributed by atoms with E-state index in [9.17, 15) is 34.8 Å². The van der Waals surface area contributed by atoms with Crippen LogP contribution in [0, 0.1) is 0 Å². The van der Waals surface area contributed by atoms with E-state index in [2.05, 4.69) is 9.97 Å². The molecule has 1 aromatic carbocycles. The summed E-state index contributed by atoms with van der Waals surface area (Å²) in [7, 11) is -4.36. The van der Waals surface area contributed by atoms with Gasteiger partial charge in [-0.2, -0.15) is 26.3 Å². The summed E-state index contributed by atoms with van der Waals surface area (Å²) in [6, 6.07) is 4.52. The Morgan fingerprint density at radius 3 is 2.32 bits per heavy atom. The van der Waals surface area contributed by atoms with Crippen LogP contribution in [0.4, 0.5) is 32.2 Å². The summed E-state index contributed by atoms with van der Waals surface area (Å²) in [6.45, 7) is -0.241. The van der Waals surface area contributed by atoms with Crippen molar-refractivity contribution in [1.29, 1.82) is 0 Å². The quantitative estimate of drug-likeness (QED) is 0.704. The van der Waals surface area contributed by atoms with Gasteiger partial charge in [0.15, 0.2) is 9.84 Å². The van der Waals surface area contributed by atoms with E-state index in [-0.39, 0.29) is 25.3 Å². The predicted molar refractivity (Wildman–Crippen MR) is 86.3 cm³/mol. The Kier molecular flexibility index (Phi) is 5.02.